The van der Waals surface area contributed by atoms with Crippen molar-refractivity contribution >= 4 is 17.5 Å². The van der Waals surface area contributed by atoms with E-state index >= 15 is 0 Å². The van der Waals surface area contributed by atoms with Gasteiger partial charge in [0, 0.05) is 50.1 Å². The predicted molar refractivity (Wildman–Crippen MR) is 176 cm³/mol. The fourth-order valence-electron chi connectivity index (χ4n) is 5.68. The van der Waals surface area contributed by atoms with Crippen LogP contribution >= 0.6 is 0 Å². The van der Waals surface area contributed by atoms with Gasteiger partial charge in [0.25, 0.3) is 0 Å². The SMILES string of the molecule is CC(=O)NCCCCCC(=O)Nc1cccc(C2OC(CN(C)CC(O)c3cccc(O)c3)C(C)C(c3ccc(CO)cc3)O2)c1. The molecule has 0 radical (unpaired) electrons. The van der Waals surface area contributed by atoms with Gasteiger partial charge in [-0.05, 0) is 60.8 Å². The van der Waals surface area contributed by atoms with E-state index in [9.17, 15) is 24.9 Å². The first-order chi connectivity index (χ1) is 22.1. The second-order valence-electron chi connectivity index (χ2n) is 12.1. The van der Waals surface area contributed by atoms with Gasteiger partial charge >= 0.3 is 0 Å². The Morgan fingerprint density at radius 1 is 0.957 bits per heavy atom. The van der Waals surface area contributed by atoms with Gasteiger partial charge in [0.2, 0.25) is 11.8 Å². The van der Waals surface area contributed by atoms with Gasteiger partial charge in [0.05, 0.1) is 24.9 Å². The smallest absolute Gasteiger partial charge is 0.224 e. The number of unbranched alkanes of at least 4 members (excludes halogenated alkanes) is 2. The van der Waals surface area contributed by atoms with Crippen LogP contribution in [0.15, 0.2) is 72.8 Å². The van der Waals surface area contributed by atoms with Crippen molar-refractivity contribution in [2.24, 2.45) is 5.92 Å². The molecular weight excluding hydrogens is 586 g/mol. The molecule has 10 nitrogen and oxygen atoms in total. The molecule has 1 fully saturated rings. The number of benzene rings is 3. The summed E-state index contributed by atoms with van der Waals surface area (Å²) >= 11 is 0. The highest BCUT2D eigenvalue weighted by Gasteiger charge is 2.39. The van der Waals surface area contributed by atoms with Gasteiger partial charge in [-0.3, -0.25) is 9.59 Å². The van der Waals surface area contributed by atoms with Gasteiger partial charge in [-0.2, -0.15) is 0 Å². The second-order valence-corrected chi connectivity index (χ2v) is 12.1. The van der Waals surface area contributed by atoms with Crippen molar-refractivity contribution in [1.29, 1.82) is 0 Å². The highest BCUT2D eigenvalue weighted by Crippen LogP contribution is 2.42. The first kappa shape index (κ1) is 35.1. The van der Waals surface area contributed by atoms with E-state index in [0.717, 1.165) is 36.0 Å². The van der Waals surface area contributed by atoms with Gasteiger partial charge in [-0.1, -0.05) is 61.9 Å². The maximum Gasteiger partial charge on any atom is 0.224 e. The van der Waals surface area contributed by atoms with Crippen molar-refractivity contribution in [2.75, 3.05) is 32.0 Å². The van der Waals surface area contributed by atoms with Crippen LogP contribution in [0.3, 0.4) is 0 Å². The lowest BCUT2D eigenvalue weighted by atomic mass is 9.90. The van der Waals surface area contributed by atoms with E-state index in [1.807, 2.05) is 60.5 Å². The van der Waals surface area contributed by atoms with Crippen LogP contribution in [0, 0.1) is 5.92 Å². The van der Waals surface area contributed by atoms with E-state index < -0.39 is 12.4 Å². The summed E-state index contributed by atoms with van der Waals surface area (Å²) in [6.07, 6.45) is 0.705. The van der Waals surface area contributed by atoms with E-state index in [0.29, 0.717) is 37.3 Å². The number of nitrogens with zero attached hydrogens (tertiary/aromatic N) is 1. The normalized spacial score (nSPS) is 20.3. The number of rotatable bonds is 15. The summed E-state index contributed by atoms with van der Waals surface area (Å²) < 4.78 is 13.1. The Labute approximate surface area is 271 Å². The molecule has 5 unspecified atom stereocenters. The molecule has 1 saturated heterocycles. The average Bonchev–Trinajstić information content (AvgIpc) is 3.03. The Hall–Kier alpha value is -3.80. The van der Waals surface area contributed by atoms with Crippen molar-refractivity contribution < 1.29 is 34.4 Å². The van der Waals surface area contributed by atoms with E-state index in [-0.39, 0.29) is 42.3 Å². The number of hydrogen-bond donors (Lipinski definition) is 5. The van der Waals surface area contributed by atoms with E-state index in [1.165, 1.54) is 6.92 Å². The van der Waals surface area contributed by atoms with Crippen LogP contribution in [0.1, 0.15) is 80.3 Å². The van der Waals surface area contributed by atoms with E-state index in [4.69, 9.17) is 9.47 Å². The Balaban J connectivity index is 1.45. The third-order valence-electron chi connectivity index (χ3n) is 8.25. The van der Waals surface area contributed by atoms with E-state index in [2.05, 4.69) is 17.6 Å². The van der Waals surface area contributed by atoms with Gasteiger partial charge in [0.1, 0.15) is 5.75 Å². The molecule has 0 aliphatic carbocycles. The van der Waals surface area contributed by atoms with Crippen molar-refractivity contribution in [3.05, 3.63) is 95.1 Å². The standard InChI is InChI=1S/C36H47N3O7/c1-24-33(22-39(3)21-32(43)28-9-8-12-31(42)20-28)45-36(46-35(24)27-16-14-26(23-40)15-17-27)29-10-7-11-30(19-29)38-34(44)13-5-4-6-18-37-25(2)41/h7-12,14-17,19-20,24,32-33,35-36,40,42-43H,4-6,13,18,21-23H2,1-3H3,(H,37,41)(H,38,44). The fraction of sp³-hybridized carbons (Fsp3) is 0.444. The minimum atomic E-state index is -0.789. The van der Waals surface area contributed by atoms with Crippen LogP contribution in [-0.2, 0) is 25.7 Å². The van der Waals surface area contributed by atoms with Crippen LogP contribution in [0.4, 0.5) is 5.69 Å². The Kier molecular flexibility index (Phi) is 13.1. The monoisotopic (exact) mass is 633 g/mol. The quantitative estimate of drug-likeness (QED) is 0.148. The first-order valence-corrected chi connectivity index (χ1v) is 15.9. The number of ether oxygens (including phenoxy) is 2. The third-order valence-corrected chi connectivity index (χ3v) is 8.25. The zero-order chi connectivity index (χ0) is 33.1. The molecule has 248 valence electrons. The van der Waals surface area contributed by atoms with E-state index in [1.54, 1.807) is 24.3 Å². The summed E-state index contributed by atoms with van der Waals surface area (Å²) in [6.45, 7) is 4.99. The Morgan fingerprint density at radius 2 is 1.72 bits per heavy atom. The highest BCUT2D eigenvalue weighted by molar-refractivity contribution is 5.90. The number of amides is 2. The van der Waals surface area contributed by atoms with Crippen molar-refractivity contribution in [3.8, 4) is 5.75 Å². The molecular formula is C36H47N3O7. The number of anilines is 1. The molecule has 3 aromatic carbocycles. The summed E-state index contributed by atoms with van der Waals surface area (Å²) in [4.78, 5) is 25.7. The molecule has 0 saturated carbocycles. The minimum Gasteiger partial charge on any atom is -0.508 e. The molecule has 0 bridgehead atoms. The Morgan fingerprint density at radius 3 is 2.43 bits per heavy atom. The zero-order valence-electron chi connectivity index (χ0n) is 26.9. The summed E-state index contributed by atoms with van der Waals surface area (Å²) in [7, 11) is 1.92. The lowest BCUT2D eigenvalue weighted by Crippen LogP contribution is -2.44. The summed E-state index contributed by atoms with van der Waals surface area (Å²) in [5, 5.41) is 36.0. The number of phenolic OH excluding ortho intramolecular Hbond substituents is 1. The predicted octanol–water partition coefficient (Wildman–Crippen LogP) is 4.98. The molecule has 46 heavy (non-hydrogen) atoms. The van der Waals surface area contributed by atoms with Crippen LogP contribution in [0.2, 0.25) is 0 Å². The number of carbonyl (C=O) groups excluding carboxylic acids is 2. The van der Waals surface area contributed by atoms with Gasteiger partial charge in [-0.15, -0.1) is 0 Å². The lowest BCUT2D eigenvalue weighted by molar-refractivity contribution is -0.276. The topological polar surface area (TPSA) is 141 Å². The number of phenols is 1. The molecule has 0 aromatic heterocycles. The lowest BCUT2D eigenvalue weighted by Gasteiger charge is -2.42. The molecule has 0 spiro atoms. The van der Waals surface area contributed by atoms with Crippen molar-refractivity contribution in [3.63, 3.8) is 0 Å². The fourth-order valence-corrected chi connectivity index (χ4v) is 5.68. The number of aliphatic hydroxyl groups is 2. The Bertz CT molecular complexity index is 1420. The molecule has 1 heterocycles. The molecule has 4 rings (SSSR count). The molecule has 1 aliphatic heterocycles. The highest BCUT2D eigenvalue weighted by atomic mass is 16.7. The summed E-state index contributed by atoms with van der Waals surface area (Å²) in [6, 6.07) is 21.8. The number of aliphatic hydroxyl groups excluding tert-OH is 2. The minimum absolute atomic E-state index is 0.0440. The largest absolute Gasteiger partial charge is 0.508 e. The van der Waals surface area contributed by atoms with Gasteiger partial charge < -0.3 is 40.3 Å². The van der Waals surface area contributed by atoms with Crippen molar-refractivity contribution in [2.45, 2.75) is 70.7 Å². The maximum absolute atomic E-state index is 12.7. The average molecular weight is 634 g/mol. The number of hydrogen-bond acceptors (Lipinski definition) is 8. The summed E-state index contributed by atoms with van der Waals surface area (Å²) in [5.41, 5.74) is 3.83. The molecule has 1 aliphatic rings. The maximum atomic E-state index is 12.7. The van der Waals surface area contributed by atoms with Crippen LogP contribution in [0.25, 0.3) is 0 Å². The van der Waals surface area contributed by atoms with Crippen LogP contribution < -0.4 is 10.6 Å². The zero-order valence-corrected chi connectivity index (χ0v) is 26.9. The van der Waals surface area contributed by atoms with Gasteiger partial charge in [0.15, 0.2) is 6.29 Å². The third kappa shape index (κ3) is 10.4. The molecule has 2 amide bonds. The number of carbonyl (C=O) groups is 2. The number of aromatic hydroxyl groups is 1. The molecule has 5 atom stereocenters. The number of likely N-dealkylation sites (N-methyl/N-ethyl adjacent to an activating group) is 1. The summed E-state index contributed by atoms with van der Waals surface area (Å²) in [5.74, 6) is -0.0748. The molecule has 10 heteroatoms. The second kappa shape index (κ2) is 17.2. The number of nitrogens with one attached hydrogen (secondary N) is 2. The molecule has 5 N–H and O–H groups in total. The van der Waals surface area contributed by atoms with Crippen LogP contribution in [-0.4, -0.2) is 64.8 Å². The first-order valence-electron chi connectivity index (χ1n) is 15.9. The molecule has 3 aromatic rings. The van der Waals surface area contributed by atoms with Gasteiger partial charge in [-0.25, -0.2) is 0 Å². The van der Waals surface area contributed by atoms with Crippen LogP contribution in [0.5, 0.6) is 5.75 Å². The van der Waals surface area contributed by atoms with Crippen molar-refractivity contribution in [1.82, 2.24) is 10.2 Å².